The number of amides is 2. The van der Waals surface area contributed by atoms with E-state index in [0.29, 0.717) is 5.92 Å². The predicted octanol–water partition coefficient (Wildman–Crippen LogP) is 2.83. The van der Waals surface area contributed by atoms with Crippen LogP contribution in [0.2, 0.25) is 0 Å². The molecule has 0 aliphatic heterocycles. The Morgan fingerprint density at radius 1 is 1.35 bits per heavy atom. The van der Waals surface area contributed by atoms with Gasteiger partial charge < -0.3 is 15.7 Å². The van der Waals surface area contributed by atoms with Gasteiger partial charge in [0, 0.05) is 5.54 Å². The van der Waals surface area contributed by atoms with Crippen LogP contribution in [0.15, 0.2) is 18.2 Å². The van der Waals surface area contributed by atoms with Gasteiger partial charge in [0.25, 0.3) is 0 Å². The molecule has 1 aliphatic carbocycles. The first-order valence-electron chi connectivity index (χ1n) is 6.41. The van der Waals surface area contributed by atoms with E-state index in [1.54, 1.807) is 0 Å². The first-order valence-corrected chi connectivity index (χ1v) is 6.41. The summed E-state index contributed by atoms with van der Waals surface area (Å²) in [6.45, 7) is 3.82. The smallest absolute Gasteiger partial charge is 0.335 e. The molecule has 108 valence electrons. The fourth-order valence-corrected chi connectivity index (χ4v) is 2.11. The van der Waals surface area contributed by atoms with E-state index in [0.717, 1.165) is 31.0 Å². The maximum absolute atomic E-state index is 13.6. The van der Waals surface area contributed by atoms with Gasteiger partial charge in [0.1, 0.15) is 5.82 Å². The van der Waals surface area contributed by atoms with E-state index in [9.17, 15) is 14.0 Å². The molecule has 20 heavy (non-hydrogen) atoms. The number of benzene rings is 1. The van der Waals surface area contributed by atoms with Crippen molar-refractivity contribution in [2.45, 2.75) is 32.2 Å². The molecule has 6 heteroatoms. The first-order chi connectivity index (χ1) is 9.29. The van der Waals surface area contributed by atoms with Crippen molar-refractivity contribution in [3.63, 3.8) is 0 Å². The van der Waals surface area contributed by atoms with Crippen LogP contribution in [-0.4, -0.2) is 22.6 Å². The van der Waals surface area contributed by atoms with Gasteiger partial charge in [0.15, 0.2) is 0 Å². The van der Waals surface area contributed by atoms with E-state index in [2.05, 4.69) is 10.6 Å². The monoisotopic (exact) mass is 280 g/mol. The molecule has 0 saturated heterocycles. The molecule has 0 heterocycles. The van der Waals surface area contributed by atoms with Gasteiger partial charge in [-0.05, 0) is 50.8 Å². The van der Waals surface area contributed by atoms with Crippen LogP contribution in [0, 0.1) is 11.7 Å². The zero-order chi connectivity index (χ0) is 14.9. The molecular weight excluding hydrogens is 263 g/mol. The van der Waals surface area contributed by atoms with Crippen molar-refractivity contribution in [2.75, 3.05) is 5.32 Å². The molecule has 1 fully saturated rings. The van der Waals surface area contributed by atoms with E-state index in [-0.39, 0.29) is 16.8 Å². The average Bonchev–Trinajstić information content (AvgIpc) is 3.15. The molecule has 0 radical (unpaired) electrons. The van der Waals surface area contributed by atoms with E-state index in [1.807, 2.05) is 13.8 Å². The number of nitrogens with one attached hydrogen (secondary N) is 2. The van der Waals surface area contributed by atoms with Gasteiger partial charge in [0.2, 0.25) is 0 Å². The number of hydrogen-bond donors (Lipinski definition) is 3. The van der Waals surface area contributed by atoms with Crippen LogP contribution in [0.1, 0.15) is 37.0 Å². The summed E-state index contributed by atoms with van der Waals surface area (Å²) < 4.78 is 13.6. The molecule has 5 nitrogen and oxygen atoms in total. The number of carboxylic acid groups (broad SMARTS) is 1. The number of aromatic carboxylic acids is 1. The number of carboxylic acids is 1. The van der Waals surface area contributed by atoms with Gasteiger partial charge >= 0.3 is 12.0 Å². The molecule has 0 atom stereocenters. The molecule has 2 amide bonds. The standard InChI is InChI=1S/C14H17FN2O3/c1-14(2,9-4-5-9)17-13(20)16-11-7-8(12(18)19)3-6-10(11)15/h3,6-7,9H,4-5H2,1-2H3,(H,18,19)(H2,16,17,20). The third-order valence-electron chi connectivity index (χ3n) is 3.50. The second-order valence-corrected chi connectivity index (χ2v) is 5.57. The molecule has 0 unspecified atom stereocenters. The lowest BCUT2D eigenvalue weighted by Crippen LogP contribution is -2.47. The van der Waals surface area contributed by atoms with E-state index < -0.39 is 17.8 Å². The highest BCUT2D eigenvalue weighted by molar-refractivity contribution is 5.93. The number of carbonyl (C=O) groups excluding carboxylic acids is 1. The predicted molar refractivity (Wildman–Crippen MR) is 72.3 cm³/mol. The summed E-state index contributed by atoms with van der Waals surface area (Å²) in [5.41, 5.74) is -0.581. The van der Waals surface area contributed by atoms with Crippen LogP contribution in [-0.2, 0) is 0 Å². The fourth-order valence-electron chi connectivity index (χ4n) is 2.11. The van der Waals surface area contributed by atoms with Crippen LogP contribution >= 0.6 is 0 Å². The van der Waals surface area contributed by atoms with Crippen molar-refractivity contribution in [3.8, 4) is 0 Å². The Morgan fingerprint density at radius 3 is 2.55 bits per heavy atom. The normalized spacial score (nSPS) is 14.8. The second kappa shape index (κ2) is 5.11. The van der Waals surface area contributed by atoms with Gasteiger partial charge in [-0.2, -0.15) is 0 Å². The van der Waals surface area contributed by atoms with E-state index in [4.69, 9.17) is 5.11 Å². The Bertz CT molecular complexity index is 553. The summed E-state index contributed by atoms with van der Waals surface area (Å²) in [6.07, 6.45) is 2.13. The topological polar surface area (TPSA) is 78.4 Å². The molecule has 1 saturated carbocycles. The number of rotatable bonds is 4. The largest absolute Gasteiger partial charge is 0.478 e. The van der Waals surface area contributed by atoms with Crippen LogP contribution < -0.4 is 10.6 Å². The highest BCUT2D eigenvalue weighted by atomic mass is 19.1. The Hall–Kier alpha value is -2.11. The quantitative estimate of drug-likeness (QED) is 0.793. The lowest BCUT2D eigenvalue weighted by atomic mass is 9.99. The molecule has 0 spiro atoms. The summed E-state index contributed by atoms with van der Waals surface area (Å²) in [5, 5.41) is 14.0. The molecule has 2 rings (SSSR count). The average molecular weight is 280 g/mol. The third-order valence-corrected chi connectivity index (χ3v) is 3.50. The van der Waals surface area contributed by atoms with Gasteiger partial charge in [-0.15, -0.1) is 0 Å². The number of hydrogen-bond acceptors (Lipinski definition) is 2. The Balaban J connectivity index is 2.07. The Labute approximate surface area is 116 Å². The molecule has 1 aromatic rings. The molecule has 1 aromatic carbocycles. The molecule has 0 aromatic heterocycles. The van der Waals surface area contributed by atoms with Crippen molar-refractivity contribution in [2.24, 2.45) is 5.92 Å². The Kier molecular flexibility index (Phi) is 3.65. The van der Waals surface area contributed by atoms with Crippen molar-refractivity contribution in [1.29, 1.82) is 0 Å². The molecular formula is C14H17FN2O3. The number of halogens is 1. The summed E-state index contributed by atoms with van der Waals surface area (Å²) in [6, 6.07) is 2.73. The summed E-state index contributed by atoms with van der Waals surface area (Å²) in [4.78, 5) is 22.7. The van der Waals surface area contributed by atoms with Gasteiger partial charge in [-0.3, -0.25) is 0 Å². The number of anilines is 1. The van der Waals surface area contributed by atoms with E-state index >= 15 is 0 Å². The summed E-state index contributed by atoms with van der Waals surface area (Å²) in [7, 11) is 0. The second-order valence-electron chi connectivity index (χ2n) is 5.57. The van der Waals surface area contributed by atoms with Gasteiger partial charge in [0.05, 0.1) is 11.3 Å². The minimum Gasteiger partial charge on any atom is -0.478 e. The van der Waals surface area contributed by atoms with Crippen LogP contribution in [0.4, 0.5) is 14.9 Å². The van der Waals surface area contributed by atoms with E-state index in [1.165, 1.54) is 0 Å². The highest BCUT2D eigenvalue weighted by Gasteiger charge is 2.38. The molecule has 3 N–H and O–H groups in total. The van der Waals surface area contributed by atoms with Crippen molar-refractivity contribution in [3.05, 3.63) is 29.6 Å². The summed E-state index contributed by atoms with van der Waals surface area (Å²) >= 11 is 0. The lowest BCUT2D eigenvalue weighted by molar-refractivity contribution is 0.0697. The Morgan fingerprint density at radius 2 is 2.00 bits per heavy atom. The minimum atomic E-state index is -1.17. The number of urea groups is 1. The first kappa shape index (κ1) is 14.3. The maximum atomic E-state index is 13.6. The van der Waals surface area contributed by atoms with Crippen LogP contribution in [0.3, 0.4) is 0 Å². The van der Waals surface area contributed by atoms with Crippen molar-refractivity contribution >= 4 is 17.7 Å². The molecule has 0 bridgehead atoms. The zero-order valence-corrected chi connectivity index (χ0v) is 11.4. The van der Waals surface area contributed by atoms with Crippen LogP contribution in [0.25, 0.3) is 0 Å². The SMILES string of the molecule is CC(C)(NC(=O)Nc1cc(C(=O)O)ccc1F)C1CC1. The maximum Gasteiger partial charge on any atom is 0.335 e. The summed E-state index contributed by atoms with van der Waals surface area (Å²) in [5.74, 6) is -1.41. The minimum absolute atomic E-state index is 0.0804. The number of carbonyl (C=O) groups is 2. The van der Waals surface area contributed by atoms with Crippen molar-refractivity contribution < 1.29 is 19.1 Å². The van der Waals surface area contributed by atoms with Crippen molar-refractivity contribution in [1.82, 2.24) is 5.32 Å². The van der Waals surface area contributed by atoms with Gasteiger partial charge in [-0.25, -0.2) is 14.0 Å². The third kappa shape index (κ3) is 3.26. The molecule has 1 aliphatic rings. The fraction of sp³-hybridized carbons (Fsp3) is 0.429. The van der Waals surface area contributed by atoms with Crippen LogP contribution in [0.5, 0.6) is 0 Å². The zero-order valence-electron chi connectivity index (χ0n) is 11.4. The lowest BCUT2D eigenvalue weighted by Gasteiger charge is -2.26. The highest BCUT2D eigenvalue weighted by Crippen LogP contribution is 2.39. The van der Waals surface area contributed by atoms with Gasteiger partial charge in [-0.1, -0.05) is 0 Å².